The van der Waals surface area contributed by atoms with Crippen molar-refractivity contribution in [2.75, 3.05) is 0 Å². The van der Waals surface area contributed by atoms with Crippen molar-refractivity contribution in [2.24, 2.45) is 5.92 Å². The van der Waals surface area contributed by atoms with Gasteiger partial charge in [0.25, 0.3) is 0 Å². The molecule has 0 fully saturated rings. The maximum atomic E-state index is 12.2. The van der Waals surface area contributed by atoms with E-state index in [-0.39, 0.29) is 0 Å². The maximum Gasteiger partial charge on any atom is 0.116 e. The Morgan fingerprint density at radius 3 is 2.20 bits per heavy atom. The van der Waals surface area contributed by atoms with E-state index in [0.717, 1.165) is 5.57 Å². The summed E-state index contributed by atoms with van der Waals surface area (Å²) in [7, 11) is 0. The molecule has 0 rings (SSSR count). The minimum atomic E-state index is -0.865. The van der Waals surface area contributed by atoms with Crippen LogP contribution >= 0.6 is 0 Å². The van der Waals surface area contributed by atoms with Gasteiger partial charge in [-0.3, -0.25) is 0 Å². The van der Waals surface area contributed by atoms with Gasteiger partial charge in [0.05, 0.1) is 0 Å². The Labute approximate surface area is 62.4 Å². The molecule has 1 unspecified atom stereocenters. The van der Waals surface area contributed by atoms with E-state index in [0.29, 0.717) is 5.92 Å². The molecule has 1 atom stereocenters. The lowest BCUT2D eigenvalue weighted by molar-refractivity contribution is 0.430. The number of hydrogen-bond acceptors (Lipinski definition) is 0. The van der Waals surface area contributed by atoms with Crippen LogP contribution in [0, 0.1) is 5.92 Å². The van der Waals surface area contributed by atoms with Gasteiger partial charge in [0.15, 0.2) is 0 Å². The molecule has 0 saturated carbocycles. The number of allylic oxidation sites excluding steroid dienone is 3. The van der Waals surface area contributed by atoms with E-state index in [2.05, 4.69) is 6.58 Å². The topological polar surface area (TPSA) is 0 Å². The van der Waals surface area contributed by atoms with Gasteiger partial charge in [-0.15, -0.1) is 0 Å². The Bertz CT molecular complexity index is 132. The molecule has 1 heteroatoms. The third-order valence-electron chi connectivity index (χ3n) is 1.32. The predicted molar refractivity (Wildman–Crippen MR) is 43.7 cm³/mol. The van der Waals surface area contributed by atoms with Gasteiger partial charge in [-0.05, 0) is 12.8 Å². The molecule has 58 valence electrons. The molecule has 0 amide bonds. The average Bonchev–Trinajstić information content (AvgIpc) is 1.82. The summed E-state index contributed by atoms with van der Waals surface area (Å²) >= 11 is 0. The molecule has 0 N–H and O–H groups in total. The summed E-state index contributed by atoms with van der Waals surface area (Å²) in [5, 5.41) is 0. The van der Waals surface area contributed by atoms with Crippen molar-refractivity contribution in [3.63, 3.8) is 0 Å². The molecule has 0 aliphatic heterocycles. The molecular weight excluding hydrogens is 127 g/mol. The average molecular weight is 142 g/mol. The first-order valence-electron chi connectivity index (χ1n) is 3.55. The Hall–Kier alpha value is -0.590. The Kier molecular flexibility index (Phi) is 4.01. The van der Waals surface area contributed by atoms with Crippen LogP contribution in [0.4, 0.5) is 4.39 Å². The van der Waals surface area contributed by atoms with Gasteiger partial charge in [-0.25, -0.2) is 4.39 Å². The predicted octanol–water partition coefficient (Wildman–Crippen LogP) is 3.11. The van der Waals surface area contributed by atoms with Crippen molar-refractivity contribution >= 4 is 0 Å². The van der Waals surface area contributed by atoms with Crippen LogP contribution in [0.25, 0.3) is 0 Å². The van der Waals surface area contributed by atoms with Gasteiger partial charge >= 0.3 is 0 Å². The SMILES string of the molecule is C=C(/C=C/C(C)F)C(C)C. The highest BCUT2D eigenvalue weighted by molar-refractivity contribution is 5.17. The molecule has 0 bridgehead atoms. The number of alkyl halides is 1. The molecule has 0 aromatic carbocycles. The molecule has 0 aliphatic rings. The molecule has 0 radical (unpaired) electrons. The largest absolute Gasteiger partial charge is 0.243 e. The van der Waals surface area contributed by atoms with E-state index in [9.17, 15) is 4.39 Å². The zero-order chi connectivity index (χ0) is 8.15. The van der Waals surface area contributed by atoms with E-state index in [1.807, 2.05) is 13.8 Å². The first-order valence-corrected chi connectivity index (χ1v) is 3.55. The van der Waals surface area contributed by atoms with E-state index < -0.39 is 6.17 Å². The van der Waals surface area contributed by atoms with E-state index in [1.54, 1.807) is 6.08 Å². The van der Waals surface area contributed by atoms with Crippen molar-refractivity contribution in [1.29, 1.82) is 0 Å². The molecule has 0 heterocycles. The molecule has 0 aromatic heterocycles. The summed E-state index contributed by atoms with van der Waals surface area (Å²) in [5.41, 5.74) is 0.976. The minimum Gasteiger partial charge on any atom is -0.243 e. The van der Waals surface area contributed by atoms with E-state index in [4.69, 9.17) is 0 Å². The zero-order valence-corrected chi connectivity index (χ0v) is 6.89. The fraction of sp³-hybridized carbons (Fsp3) is 0.556. The maximum absolute atomic E-state index is 12.2. The summed E-state index contributed by atoms with van der Waals surface area (Å²) in [6, 6.07) is 0. The number of rotatable bonds is 3. The summed E-state index contributed by atoms with van der Waals surface area (Å²) < 4.78 is 12.2. The quantitative estimate of drug-likeness (QED) is 0.531. The summed E-state index contributed by atoms with van der Waals surface area (Å²) in [4.78, 5) is 0. The second kappa shape index (κ2) is 4.26. The first kappa shape index (κ1) is 9.41. The van der Waals surface area contributed by atoms with Gasteiger partial charge < -0.3 is 0 Å². The standard InChI is InChI=1S/C9H15F/c1-7(2)8(3)5-6-9(4)10/h5-7,9H,3H2,1-2,4H3/b6-5+. The van der Waals surface area contributed by atoms with Crippen LogP contribution in [0.1, 0.15) is 20.8 Å². The van der Waals surface area contributed by atoms with Crippen molar-refractivity contribution in [3.05, 3.63) is 24.3 Å². The Morgan fingerprint density at radius 2 is 1.90 bits per heavy atom. The van der Waals surface area contributed by atoms with Gasteiger partial charge in [0.1, 0.15) is 6.17 Å². The van der Waals surface area contributed by atoms with Crippen LogP contribution in [0.15, 0.2) is 24.3 Å². The van der Waals surface area contributed by atoms with E-state index >= 15 is 0 Å². The summed E-state index contributed by atoms with van der Waals surface area (Å²) in [6.45, 7) is 9.35. The molecule has 0 saturated heterocycles. The monoisotopic (exact) mass is 142 g/mol. The van der Waals surface area contributed by atoms with Crippen LogP contribution in [0.2, 0.25) is 0 Å². The van der Waals surface area contributed by atoms with Gasteiger partial charge in [0.2, 0.25) is 0 Å². The van der Waals surface area contributed by atoms with Crippen LogP contribution in [-0.4, -0.2) is 6.17 Å². The van der Waals surface area contributed by atoms with Gasteiger partial charge in [-0.1, -0.05) is 38.2 Å². The van der Waals surface area contributed by atoms with Crippen molar-refractivity contribution in [3.8, 4) is 0 Å². The summed E-state index contributed by atoms with van der Waals surface area (Å²) in [5.74, 6) is 0.412. The fourth-order valence-corrected chi connectivity index (χ4v) is 0.449. The first-order chi connectivity index (χ1) is 4.54. The fourth-order valence-electron chi connectivity index (χ4n) is 0.449. The van der Waals surface area contributed by atoms with Gasteiger partial charge in [-0.2, -0.15) is 0 Å². The third-order valence-corrected chi connectivity index (χ3v) is 1.32. The summed E-state index contributed by atoms with van der Waals surface area (Å²) in [6.07, 6.45) is 2.40. The number of halogens is 1. The lowest BCUT2D eigenvalue weighted by Crippen LogP contribution is -1.90. The van der Waals surface area contributed by atoms with Gasteiger partial charge in [0, 0.05) is 0 Å². The highest BCUT2D eigenvalue weighted by Gasteiger charge is 1.95. The normalized spacial score (nSPS) is 14.5. The third kappa shape index (κ3) is 4.30. The lowest BCUT2D eigenvalue weighted by Gasteiger charge is -2.02. The Morgan fingerprint density at radius 1 is 1.40 bits per heavy atom. The lowest BCUT2D eigenvalue weighted by atomic mass is 10.1. The molecule has 0 aliphatic carbocycles. The highest BCUT2D eigenvalue weighted by atomic mass is 19.1. The van der Waals surface area contributed by atoms with Crippen molar-refractivity contribution in [1.82, 2.24) is 0 Å². The second-order valence-electron chi connectivity index (χ2n) is 2.77. The number of hydrogen-bond donors (Lipinski definition) is 0. The zero-order valence-electron chi connectivity index (χ0n) is 6.89. The van der Waals surface area contributed by atoms with Crippen LogP contribution in [-0.2, 0) is 0 Å². The Balaban J connectivity index is 3.79. The highest BCUT2D eigenvalue weighted by Crippen LogP contribution is 2.08. The van der Waals surface area contributed by atoms with Crippen molar-refractivity contribution in [2.45, 2.75) is 26.9 Å². The van der Waals surface area contributed by atoms with Crippen LogP contribution < -0.4 is 0 Å². The van der Waals surface area contributed by atoms with Crippen LogP contribution in [0.3, 0.4) is 0 Å². The van der Waals surface area contributed by atoms with Crippen LogP contribution in [0.5, 0.6) is 0 Å². The molecule has 0 nitrogen and oxygen atoms in total. The molecule has 10 heavy (non-hydrogen) atoms. The minimum absolute atomic E-state index is 0.412. The molecule has 0 spiro atoms. The second-order valence-corrected chi connectivity index (χ2v) is 2.77. The molecular formula is C9H15F. The van der Waals surface area contributed by atoms with Crippen molar-refractivity contribution < 1.29 is 4.39 Å². The molecule has 0 aromatic rings. The van der Waals surface area contributed by atoms with E-state index in [1.165, 1.54) is 13.0 Å². The smallest absolute Gasteiger partial charge is 0.116 e.